The molecule has 4 rings (SSSR count). The quantitative estimate of drug-likeness (QED) is 0.422. The van der Waals surface area contributed by atoms with Crippen molar-refractivity contribution in [2.24, 2.45) is 0 Å². The number of aromatic nitrogens is 2. The highest BCUT2D eigenvalue weighted by Gasteiger charge is 2.14. The van der Waals surface area contributed by atoms with E-state index in [1.807, 2.05) is 0 Å². The predicted octanol–water partition coefficient (Wildman–Crippen LogP) is 6.81. The van der Waals surface area contributed by atoms with E-state index in [1.165, 1.54) is 38.9 Å². The SMILES string of the molecule is Cc1ccc(-c2ccc(-c3ccc4c(c3)c(C)c(C)n4C(C)C)[nH]2)cc1. The Balaban J connectivity index is 1.78. The molecule has 2 aromatic carbocycles. The molecule has 2 heteroatoms. The highest BCUT2D eigenvalue weighted by atomic mass is 15.0. The molecule has 26 heavy (non-hydrogen) atoms. The molecule has 0 atom stereocenters. The fourth-order valence-electron chi connectivity index (χ4n) is 3.90. The van der Waals surface area contributed by atoms with E-state index in [1.54, 1.807) is 0 Å². The molecule has 0 unspecified atom stereocenters. The summed E-state index contributed by atoms with van der Waals surface area (Å²) in [7, 11) is 0. The van der Waals surface area contributed by atoms with E-state index < -0.39 is 0 Å². The van der Waals surface area contributed by atoms with Gasteiger partial charge in [-0.2, -0.15) is 0 Å². The van der Waals surface area contributed by atoms with Crippen LogP contribution in [0.2, 0.25) is 0 Å². The lowest BCUT2D eigenvalue weighted by Gasteiger charge is -2.12. The topological polar surface area (TPSA) is 20.7 Å². The first-order valence-corrected chi connectivity index (χ1v) is 9.33. The lowest BCUT2D eigenvalue weighted by Crippen LogP contribution is -2.02. The van der Waals surface area contributed by atoms with Crippen LogP contribution >= 0.6 is 0 Å². The van der Waals surface area contributed by atoms with Gasteiger partial charge < -0.3 is 9.55 Å². The van der Waals surface area contributed by atoms with Crippen molar-refractivity contribution in [2.45, 2.75) is 40.7 Å². The molecule has 0 spiro atoms. The van der Waals surface area contributed by atoms with Gasteiger partial charge >= 0.3 is 0 Å². The Bertz CT molecular complexity index is 1080. The maximum absolute atomic E-state index is 3.59. The van der Waals surface area contributed by atoms with Crippen molar-refractivity contribution in [3.05, 3.63) is 71.4 Å². The monoisotopic (exact) mass is 342 g/mol. The number of H-pyrrole nitrogens is 1. The molecule has 2 nitrogen and oxygen atoms in total. The smallest absolute Gasteiger partial charge is 0.0488 e. The van der Waals surface area contributed by atoms with Crippen molar-refractivity contribution in [1.29, 1.82) is 0 Å². The van der Waals surface area contributed by atoms with Gasteiger partial charge in [0.15, 0.2) is 0 Å². The third kappa shape index (κ3) is 2.66. The van der Waals surface area contributed by atoms with Crippen LogP contribution in [0.5, 0.6) is 0 Å². The van der Waals surface area contributed by atoms with Gasteiger partial charge in [-0.25, -0.2) is 0 Å². The Kier molecular flexibility index (Phi) is 3.99. The minimum absolute atomic E-state index is 0.468. The number of aryl methyl sites for hydroxylation is 2. The van der Waals surface area contributed by atoms with Gasteiger partial charge in [-0.1, -0.05) is 35.9 Å². The largest absolute Gasteiger partial charge is 0.355 e. The van der Waals surface area contributed by atoms with Gasteiger partial charge in [-0.15, -0.1) is 0 Å². The van der Waals surface area contributed by atoms with Crippen LogP contribution < -0.4 is 0 Å². The van der Waals surface area contributed by atoms with Crippen LogP contribution in [0.15, 0.2) is 54.6 Å². The second-order valence-electron chi connectivity index (χ2n) is 7.56. The van der Waals surface area contributed by atoms with Crippen LogP contribution in [0.25, 0.3) is 33.4 Å². The van der Waals surface area contributed by atoms with Crippen LogP contribution in [0.3, 0.4) is 0 Å². The van der Waals surface area contributed by atoms with Crippen molar-refractivity contribution < 1.29 is 0 Å². The van der Waals surface area contributed by atoms with Crippen molar-refractivity contribution in [3.63, 3.8) is 0 Å². The first kappa shape index (κ1) is 16.7. The second kappa shape index (κ2) is 6.21. The zero-order valence-corrected chi connectivity index (χ0v) is 16.2. The van der Waals surface area contributed by atoms with E-state index in [4.69, 9.17) is 0 Å². The first-order chi connectivity index (χ1) is 12.5. The highest BCUT2D eigenvalue weighted by molar-refractivity contribution is 5.89. The summed E-state index contributed by atoms with van der Waals surface area (Å²) in [6, 6.07) is 20.3. The summed E-state index contributed by atoms with van der Waals surface area (Å²) < 4.78 is 2.43. The molecule has 0 aliphatic heterocycles. The van der Waals surface area contributed by atoms with Gasteiger partial charge in [0, 0.05) is 34.0 Å². The Morgan fingerprint density at radius 3 is 2.04 bits per heavy atom. The summed E-state index contributed by atoms with van der Waals surface area (Å²) in [4.78, 5) is 3.59. The second-order valence-corrected chi connectivity index (χ2v) is 7.56. The number of nitrogens with zero attached hydrogens (tertiary/aromatic N) is 1. The Hall–Kier alpha value is -2.74. The summed E-state index contributed by atoms with van der Waals surface area (Å²) in [6.07, 6.45) is 0. The van der Waals surface area contributed by atoms with Crippen LogP contribution in [-0.4, -0.2) is 9.55 Å². The molecule has 2 aromatic heterocycles. The Morgan fingerprint density at radius 1 is 0.769 bits per heavy atom. The number of rotatable bonds is 3. The first-order valence-electron chi connectivity index (χ1n) is 9.33. The van der Waals surface area contributed by atoms with E-state index in [-0.39, 0.29) is 0 Å². The molecule has 2 heterocycles. The summed E-state index contributed by atoms with van der Waals surface area (Å²) in [5.74, 6) is 0. The molecule has 4 aromatic rings. The van der Waals surface area contributed by atoms with Crippen molar-refractivity contribution in [2.75, 3.05) is 0 Å². The molecule has 0 aliphatic rings. The maximum atomic E-state index is 3.59. The third-order valence-corrected chi connectivity index (χ3v) is 5.44. The third-order valence-electron chi connectivity index (χ3n) is 5.44. The predicted molar refractivity (Wildman–Crippen MR) is 112 cm³/mol. The maximum Gasteiger partial charge on any atom is 0.0488 e. The number of benzene rings is 2. The van der Waals surface area contributed by atoms with E-state index in [9.17, 15) is 0 Å². The zero-order chi connectivity index (χ0) is 18.4. The van der Waals surface area contributed by atoms with Crippen LogP contribution in [0, 0.1) is 20.8 Å². The van der Waals surface area contributed by atoms with Crippen molar-refractivity contribution in [1.82, 2.24) is 9.55 Å². The number of aromatic amines is 1. The van der Waals surface area contributed by atoms with E-state index >= 15 is 0 Å². The minimum Gasteiger partial charge on any atom is -0.355 e. The molecule has 0 amide bonds. The van der Waals surface area contributed by atoms with Gasteiger partial charge in [0.25, 0.3) is 0 Å². The van der Waals surface area contributed by atoms with Crippen molar-refractivity contribution >= 4 is 10.9 Å². The molecule has 0 aliphatic carbocycles. The molecule has 0 radical (unpaired) electrons. The van der Waals surface area contributed by atoms with Crippen LogP contribution in [-0.2, 0) is 0 Å². The average molecular weight is 342 g/mol. The summed E-state index contributed by atoms with van der Waals surface area (Å²) in [6.45, 7) is 11.1. The fourth-order valence-corrected chi connectivity index (χ4v) is 3.90. The minimum atomic E-state index is 0.468. The van der Waals surface area contributed by atoms with E-state index in [0.29, 0.717) is 6.04 Å². The van der Waals surface area contributed by atoms with Crippen LogP contribution in [0.4, 0.5) is 0 Å². The molecule has 0 fully saturated rings. The average Bonchev–Trinajstić information content (AvgIpc) is 3.20. The number of nitrogens with one attached hydrogen (secondary N) is 1. The molecule has 132 valence electrons. The lowest BCUT2D eigenvalue weighted by atomic mass is 10.1. The molecular weight excluding hydrogens is 316 g/mol. The normalized spacial score (nSPS) is 11.6. The summed E-state index contributed by atoms with van der Waals surface area (Å²) >= 11 is 0. The standard InChI is InChI=1S/C24H26N2/c1-15(2)26-18(5)17(4)21-14-20(10-13-24(21)26)23-12-11-22(25-23)19-8-6-16(3)7-9-19/h6-15,25H,1-5H3. The number of hydrogen-bond donors (Lipinski definition) is 1. The van der Waals surface area contributed by atoms with Crippen molar-refractivity contribution in [3.8, 4) is 22.5 Å². The fraction of sp³-hybridized carbons (Fsp3) is 0.250. The summed E-state index contributed by atoms with van der Waals surface area (Å²) in [5.41, 5.74) is 10.1. The van der Waals surface area contributed by atoms with E-state index in [0.717, 1.165) is 11.4 Å². The highest BCUT2D eigenvalue weighted by Crippen LogP contribution is 2.32. The van der Waals surface area contributed by atoms with Gasteiger partial charge in [0.05, 0.1) is 0 Å². The molecule has 1 N–H and O–H groups in total. The van der Waals surface area contributed by atoms with Gasteiger partial charge in [0.2, 0.25) is 0 Å². The van der Waals surface area contributed by atoms with Gasteiger partial charge in [-0.3, -0.25) is 0 Å². The Morgan fingerprint density at radius 2 is 1.38 bits per heavy atom. The van der Waals surface area contributed by atoms with Crippen LogP contribution in [0.1, 0.15) is 36.7 Å². The van der Waals surface area contributed by atoms with Gasteiger partial charge in [0.1, 0.15) is 0 Å². The van der Waals surface area contributed by atoms with Gasteiger partial charge in [-0.05, 0) is 75.6 Å². The molecular formula is C24H26N2. The lowest BCUT2D eigenvalue weighted by molar-refractivity contribution is 0.606. The summed E-state index contributed by atoms with van der Waals surface area (Å²) in [5, 5.41) is 1.35. The Labute approximate surface area is 155 Å². The van der Waals surface area contributed by atoms with E-state index in [2.05, 4.69) is 98.8 Å². The molecule has 0 saturated carbocycles. The zero-order valence-electron chi connectivity index (χ0n) is 16.2. The molecule has 0 saturated heterocycles. The number of fused-ring (bicyclic) bond motifs is 1. The number of hydrogen-bond acceptors (Lipinski definition) is 0. The molecule has 0 bridgehead atoms.